The highest BCUT2D eigenvalue weighted by Crippen LogP contribution is 2.67. The molecule has 9 atom stereocenters. The van der Waals surface area contributed by atoms with Crippen molar-refractivity contribution in [2.75, 3.05) is 6.61 Å². The fraction of sp³-hybridized carbons (Fsp3) is 0.690. The Morgan fingerprint density at radius 1 is 1.18 bits per heavy atom. The second-order valence-corrected chi connectivity index (χ2v) is 12.3. The first-order valence-electron chi connectivity index (χ1n) is 13.9. The lowest BCUT2D eigenvalue weighted by atomic mass is 9.46. The molecule has 5 N–H and O–H groups in total. The molecule has 220 valence electrons. The molecule has 11 heteroatoms. The van der Waals surface area contributed by atoms with E-state index >= 15 is 0 Å². The highest BCUT2D eigenvalue weighted by molar-refractivity contribution is 6.01. The molecule has 40 heavy (non-hydrogen) atoms. The van der Waals surface area contributed by atoms with E-state index in [4.69, 9.17) is 9.84 Å². The molecule has 0 spiro atoms. The van der Waals surface area contributed by atoms with Gasteiger partial charge in [-0.25, -0.2) is 4.79 Å². The molecule has 0 unspecified atom stereocenters. The average molecular weight is 562 g/mol. The summed E-state index contributed by atoms with van der Waals surface area (Å²) in [5.41, 5.74) is -2.19. The number of fused-ring (bicyclic) bond motifs is 5. The molecule has 0 saturated heterocycles. The van der Waals surface area contributed by atoms with E-state index < -0.39 is 77.8 Å². The van der Waals surface area contributed by atoms with Gasteiger partial charge in [0, 0.05) is 23.2 Å². The molecule has 0 bridgehead atoms. The average Bonchev–Trinajstić information content (AvgIpc) is 3.15. The number of hydrogen-bond donors (Lipinski definition) is 5. The van der Waals surface area contributed by atoms with Gasteiger partial charge in [-0.05, 0) is 63.0 Å². The Bertz CT molecular complexity index is 1160. The molecule has 0 aromatic rings. The number of carboxylic acid groups (broad SMARTS) is 1. The summed E-state index contributed by atoms with van der Waals surface area (Å²) in [4.78, 5) is 60.6. The second kappa shape index (κ2) is 10.8. The minimum atomic E-state index is -1.80. The molecule has 0 aliphatic heterocycles. The number of esters is 1. The fourth-order valence-electron chi connectivity index (χ4n) is 7.98. The van der Waals surface area contributed by atoms with E-state index in [0.29, 0.717) is 12.8 Å². The summed E-state index contributed by atoms with van der Waals surface area (Å²) in [5.74, 6) is -3.93. The van der Waals surface area contributed by atoms with Crippen LogP contribution in [0.2, 0.25) is 0 Å². The van der Waals surface area contributed by atoms with Gasteiger partial charge in [0.15, 0.2) is 18.4 Å². The minimum Gasteiger partial charge on any atom is -0.480 e. The van der Waals surface area contributed by atoms with Crippen LogP contribution < -0.4 is 5.32 Å². The molecule has 4 rings (SSSR count). The zero-order valence-corrected chi connectivity index (χ0v) is 23.1. The molecule has 0 aromatic heterocycles. The maximum Gasteiger partial charge on any atom is 0.328 e. The summed E-state index contributed by atoms with van der Waals surface area (Å²) in [7, 11) is 0. The topological polar surface area (TPSA) is 188 Å². The van der Waals surface area contributed by atoms with Crippen LogP contribution in [0.5, 0.6) is 0 Å². The van der Waals surface area contributed by atoms with Gasteiger partial charge in [0.25, 0.3) is 0 Å². The van der Waals surface area contributed by atoms with E-state index in [-0.39, 0.29) is 36.4 Å². The summed E-state index contributed by atoms with van der Waals surface area (Å²) in [6.07, 6.45) is 4.52. The van der Waals surface area contributed by atoms with Crippen molar-refractivity contribution in [2.24, 2.45) is 28.6 Å². The van der Waals surface area contributed by atoms with Crippen LogP contribution in [0.25, 0.3) is 0 Å². The van der Waals surface area contributed by atoms with E-state index in [1.165, 1.54) is 6.92 Å². The number of hydrogen-bond acceptors (Lipinski definition) is 9. The molecule has 3 saturated carbocycles. The fourth-order valence-corrected chi connectivity index (χ4v) is 7.98. The molecule has 0 radical (unpaired) electrons. The number of ether oxygens (including phenoxy) is 1. The standard InChI is InChI=1S/C29H39NO10/c1-15(31)25(26(37)38)30-22(35)6-7-23(36)40-14-21(34)29(39)11-9-19-18-5-4-16-12-17(32)8-10-27(16,2)24(18)20(33)13-28(19,29)3/h8,10,12,15,18-20,24-25,31,33,39H,4-7,9,11,13-14H2,1-3H3,(H,30,35)(H,37,38)/t15-,18-,19+,20+,24-,25-,27-,28-,29-/m0/s1. The highest BCUT2D eigenvalue weighted by atomic mass is 16.5. The number of carbonyl (C=O) groups is 5. The van der Waals surface area contributed by atoms with Crippen molar-refractivity contribution in [3.63, 3.8) is 0 Å². The highest BCUT2D eigenvalue weighted by Gasteiger charge is 2.68. The lowest BCUT2D eigenvalue weighted by molar-refractivity contribution is -0.181. The quantitative estimate of drug-likeness (QED) is 0.252. The van der Waals surface area contributed by atoms with E-state index in [2.05, 4.69) is 5.32 Å². The van der Waals surface area contributed by atoms with Crippen LogP contribution in [0, 0.1) is 28.6 Å². The Balaban J connectivity index is 1.38. The first kappa shape index (κ1) is 30.1. The van der Waals surface area contributed by atoms with Crippen molar-refractivity contribution in [3.05, 3.63) is 23.8 Å². The number of amides is 1. The molecular formula is C29H39NO10. The van der Waals surface area contributed by atoms with Gasteiger partial charge < -0.3 is 30.5 Å². The van der Waals surface area contributed by atoms with Gasteiger partial charge in [-0.15, -0.1) is 0 Å². The van der Waals surface area contributed by atoms with Gasteiger partial charge in [0.2, 0.25) is 11.7 Å². The van der Waals surface area contributed by atoms with Crippen molar-refractivity contribution in [1.82, 2.24) is 5.32 Å². The SMILES string of the molecule is C[C@H](O)[C@H](NC(=O)CCC(=O)OCC(=O)[C@@]1(O)CC[C@@H]2[C@@H]3CCC4=CC(=O)C=C[C@]4(C)[C@@H]3[C@H](O)C[C@@]21C)C(=O)O. The molecule has 11 nitrogen and oxygen atoms in total. The molecule has 4 aliphatic rings. The zero-order chi connectivity index (χ0) is 29.6. The number of allylic oxidation sites excluding steroid dienone is 4. The largest absolute Gasteiger partial charge is 0.480 e. The lowest BCUT2D eigenvalue weighted by Gasteiger charge is -2.59. The van der Waals surface area contributed by atoms with Crippen LogP contribution >= 0.6 is 0 Å². The monoisotopic (exact) mass is 561 g/mol. The van der Waals surface area contributed by atoms with E-state index in [9.17, 15) is 39.3 Å². The Kier molecular flexibility index (Phi) is 8.14. The zero-order valence-electron chi connectivity index (χ0n) is 23.1. The first-order valence-corrected chi connectivity index (χ1v) is 13.9. The molecule has 4 aliphatic carbocycles. The predicted molar refractivity (Wildman–Crippen MR) is 139 cm³/mol. The minimum absolute atomic E-state index is 0.0351. The Morgan fingerprint density at radius 2 is 1.88 bits per heavy atom. The number of aliphatic carboxylic acids is 1. The van der Waals surface area contributed by atoms with Crippen LogP contribution in [0.15, 0.2) is 23.8 Å². The summed E-state index contributed by atoms with van der Waals surface area (Å²) in [6, 6.07) is -1.52. The number of Topliss-reactive ketones (excluding diaryl/α,β-unsaturated/α-hetero) is 1. The van der Waals surface area contributed by atoms with Crippen molar-refractivity contribution >= 4 is 29.4 Å². The third-order valence-electron chi connectivity index (χ3n) is 10.1. The number of carbonyl (C=O) groups excluding carboxylic acids is 4. The summed E-state index contributed by atoms with van der Waals surface area (Å²) < 4.78 is 5.08. The maximum atomic E-state index is 13.3. The normalized spacial score (nSPS) is 37.8. The second-order valence-electron chi connectivity index (χ2n) is 12.3. The smallest absolute Gasteiger partial charge is 0.328 e. The van der Waals surface area contributed by atoms with Crippen molar-refractivity contribution in [1.29, 1.82) is 0 Å². The van der Waals surface area contributed by atoms with Crippen LogP contribution in [-0.4, -0.2) is 80.3 Å². The molecular weight excluding hydrogens is 522 g/mol. The van der Waals surface area contributed by atoms with Crippen LogP contribution in [0.3, 0.4) is 0 Å². The van der Waals surface area contributed by atoms with E-state index in [1.807, 2.05) is 19.9 Å². The van der Waals surface area contributed by atoms with Gasteiger partial charge in [0.05, 0.1) is 18.6 Å². The number of carboxylic acids is 1. The van der Waals surface area contributed by atoms with Crippen molar-refractivity contribution < 1.29 is 49.1 Å². The van der Waals surface area contributed by atoms with Gasteiger partial charge in [-0.2, -0.15) is 0 Å². The van der Waals surface area contributed by atoms with E-state index in [0.717, 1.165) is 12.0 Å². The number of ketones is 2. The van der Waals surface area contributed by atoms with E-state index in [1.54, 1.807) is 12.2 Å². The van der Waals surface area contributed by atoms with Gasteiger partial charge in [-0.1, -0.05) is 25.5 Å². The van der Waals surface area contributed by atoms with Crippen molar-refractivity contribution in [2.45, 2.75) is 89.6 Å². The van der Waals surface area contributed by atoms with Gasteiger partial charge in [-0.3, -0.25) is 19.2 Å². The van der Waals surface area contributed by atoms with Crippen LogP contribution in [-0.2, 0) is 28.7 Å². The Labute approximate surface area is 232 Å². The lowest BCUT2D eigenvalue weighted by Crippen LogP contribution is -2.61. The summed E-state index contributed by atoms with van der Waals surface area (Å²) in [5, 5.41) is 43.8. The van der Waals surface area contributed by atoms with Gasteiger partial charge >= 0.3 is 11.9 Å². The van der Waals surface area contributed by atoms with Crippen LogP contribution in [0.4, 0.5) is 0 Å². The molecule has 3 fully saturated rings. The number of aliphatic hydroxyl groups is 3. The molecule has 1 amide bonds. The summed E-state index contributed by atoms with van der Waals surface area (Å²) in [6.45, 7) is 4.39. The first-order chi connectivity index (χ1) is 18.6. The van der Waals surface area contributed by atoms with Crippen molar-refractivity contribution in [3.8, 4) is 0 Å². The number of nitrogens with one attached hydrogen (secondary N) is 1. The summed E-state index contributed by atoms with van der Waals surface area (Å²) >= 11 is 0. The van der Waals surface area contributed by atoms with Crippen LogP contribution in [0.1, 0.15) is 65.7 Å². The Hall–Kier alpha value is -2.89. The predicted octanol–water partition coefficient (Wildman–Crippen LogP) is 0.839. The maximum absolute atomic E-state index is 13.3. The third-order valence-corrected chi connectivity index (χ3v) is 10.1. The molecule has 0 aromatic carbocycles. The third kappa shape index (κ3) is 5.03. The van der Waals surface area contributed by atoms with Gasteiger partial charge in [0.1, 0.15) is 5.60 Å². The number of rotatable bonds is 9. The Morgan fingerprint density at radius 3 is 2.52 bits per heavy atom. The molecule has 0 heterocycles. The number of aliphatic hydroxyl groups excluding tert-OH is 2.